The van der Waals surface area contributed by atoms with E-state index in [-0.39, 0.29) is 17.3 Å². The first kappa shape index (κ1) is 16.5. The lowest BCUT2D eigenvalue weighted by molar-refractivity contribution is -0.141. The number of aromatic nitrogens is 1. The number of hydrogen-bond acceptors (Lipinski definition) is 3. The Hall–Kier alpha value is -2.32. The van der Waals surface area contributed by atoms with Crippen LogP contribution in [0.2, 0.25) is 0 Å². The molecule has 2 fully saturated rings. The molecule has 3 rings (SSSR count). The lowest BCUT2D eigenvalue weighted by Crippen LogP contribution is -2.45. The Morgan fingerprint density at radius 2 is 2.04 bits per heavy atom. The van der Waals surface area contributed by atoms with E-state index in [1.54, 1.807) is 0 Å². The first-order valence-electron chi connectivity index (χ1n) is 7.40. The molecule has 0 bridgehead atoms. The van der Waals surface area contributed by atoms with Crippen molar-refractivity contribution in [2.75, 3.05) is 5.32 Å². The number of carbonyl (C=O) groups is 2. The Labute approximate surface area is 135 Å². The zero-order valence-electron chi connectivity index (χ0n) is 13.0. The largest absolute Gasteiger partial charge is 0.465 e. The molecule has 9 heteroatoms. The fourth-order valence-electron chi connectivity index (χ4n) is 3.29. The van der Waals surface area contributed by atoms with Crippen molar-refractivity contribution in [3.05, 3.63) is 23.4 Å². The van der Waals surface area contributed by atoms with Gasteiger partial charge in [0, 0.05) is 6.04 Å². The average molecular weight is 343 g/mol. The van der Waals surface area contributed by atoms with Gasteiger partial charge in [0.2, 0.25) is 5.91 Å². The first-order valence-corrected chi connectivity index (χ1v) is 7.40. The predicted molar refractivity (Wildman–Crippen MR) is 77.4 cm³/mol. The minimum absolute atomic E-state index is 0.203. The standard InChI is InChI=1S/C15H16F3N3O3/c1-7-3-4-9(15(16,17)18)19-11(7)20-12(22)8-5-14(2)6-10(14)21(8)13(23)24/h3-4,8,10H,5-6H2,1-2H3,(H,23,24)(H,19,20,22)/t8-,10?,14-/m0/s1. The Bertz CT molecular complexity index is 722. The van der Waals surface area contributed by atoms with Gasteiger partial charge in [0.15, 0.2) is 0 Å². The van der Waals surface area contributed by atoms with Crippen LogP contribution in [0.3, 0.4) is 0 Å². The molecule has 1 saturated heterocycles. The smallest absolute Gasteiger partial charge is 0.433 e. The highest BCUT2D eigenvalue weighted by molar-refractivity contribution is 5.97. The van der Waals surface area contributed by atoms with E-state index < -0.39 is 29.9 Å². The van der Waals surface area contributed by atoms with Crippen molar-refractivity contribution < 1.29 is 27.9 Å². The maximum absolute atomic E-state index is 12.8. The summed E-state index contributed by atoms with van der Waals surface area (Å²) in [6.07, 6.45) is -4.77. The van der Waals surface area contributed by atoms with Crippen LogP contribution in [0.1, 0.15) is 31.0 Å². The molecule has 130 valence electrons. The number of nitrogens with one attached hydrogen (secondary N) is 1. The van der Waals surface area contributed by atoms with Gasteiger partial charge in [0.25, 0.3) is 0 Å². The van der Waals surface area contributed by atoms with Crippen molar-refractivity contribution in [2.24, 2.45) is 5.41 Å². The summed E-state index contributed by atoms with van der Waals surface area (Å²) in [5.74, 6) is -0.855. The van der Waals surface area contributed by atoms with Crippen LogP contribution in [-0.2, 0) is 11.0 Å². The zero-order chi connectivity index (χ0) is 17.9. The van der Waals surface area contributed by atoms with E-state index in [9.17, 15) is 27.9 Å². The summed E-state index contributed by atoms with van der Waals surface area (Å²) in [5, 5.41) is 11.6. The van der Waals surface area contributed by atoms with Gasteiger partial charge in [-0.1, -0.05) is 13.0 Å². The number of carbonyl (C=O) groups excluding carboxylic acids is 1. The molecule has 0 radical (unpaired) electrons. The topological polar surface area (TPSA) is 82.5 Å². The molecule has 1 aromatic heterocycles. The molecular weight excluding hydrogens is 327 g/mol. The molecule has 0 spiro atoms. The van der Waals surface area contributed by atoms with Gasteiger partial charge in [-0.2, -0.15) is 13.2 Å². The van der Waals surface area contributed by atoms with E-state index in [4.69, 9.17) is 0 Å². The molecule has 1 aromatic rings. The number of alkyl halides is 3. The summed E-state index contributed by atoms with van der Waals surface area (Å²) in [6, 6.07) is 0.928. The second-order valence-corrected chi connectivity index (χ2v) is 6.63. The van der Waals surface area contributed by atoms with Gasteiger partial charge in [-0.3, -0.25) is 9.69 Å². The number of amides is 2. The van der Waals surface area contributed by atoms with Crippen LogP contribution in [0.5, 0.6) is 0 Å². The molecular formula is C15H16F3N3O3. The van der Waals surface area contributed by atoms with E-state index in [1.165, 1.54) is 13.0 Å². The number of anilines is 1. The second-order valence-electron chi connectivity index (χ2n) is 6.63. The van der Waals surface area contributed by atoms with Crippen molar-refractivity contribution in [1.29, 1.82) is 0 Å². The highest BCUT2D eigenvalue weighted by Crippen LogP contribution is 2.59. The normalized spacial score (nSPS) is 28.5. The molecule has 6 nitrogen and oxygen atoms in total. The Morgan fingerprint density at radius 1 is 1.38 bits per heavy atom. The number of likely N-dealkylation sites (tertiary alicyclic amines) is 1. The van der Waals surface area contributed by atoms with E-state index >= 15 is 0 Å². The van der Waals surface area contributed by atoms with Gasteiger partial charge >= 0.3 is 12.3 Å². The first-order chi connectivity index (χ1) is 11.0. The minimum atomic E-state index is -4.62. The molecule has 2 heterocycles. The number of halogens is 3. The molecule has 2 N–H and O–H groups in total. The van der Waals surface area contributed by atoms with Gasteiger partial charge in [-0.15, -0.1) is 0 Å². The molecule has 24 heavy (non-hydrogen) atoms. The van der Waals surface area contributed by atoms with E-state index in [0.717, 1.165) is 11.0 Å². The summed E-state index contributed by atoms with van der Waals surface area (Å²) in [5.41, 5.74) is -0.969. The van der Waals surface area contributed by atoms with Crippen LogP contribution in [0.4, 0.5) is 23.8 Å². The summed E-state index contributed by atoms with van der Waals surface area (Å²) < 4.78 is 38.3. The number of hydrogen-bond donors (Lipinski definition) is 2. The number of pyridine rings is 1. The summed E-state index contributed by atoms with van der Waals surface area (Å²) >= 11 is 0. The molecule has 3 atom stereocenters. The zero-order valence-corrected chi connectivity index (χ0v) is 13.0. The van der Waals surface area contributed by atoms with Crippen LogP contribution in [0.25, 0.3) is 0 Å². The van der Waals surface area contributed by atoms with Gasteiger partial charge in [0.05, 0.1) is 0 Å². The average Bonchev–Trinajstić information content (AvgIpc) is 3.00. The molecule has 1 unspecified atom stereocenters. The minimum Gasteiger partial charge on any atom is -0.465 e. The number of nitrogens with zero attached hydrogens (tertiary/aromatic N) is 2. The van der Waals surface area contributed by atoms with Gasteiger partial charge in [-0.05, 0) is 36.8 Å². The Morgan fingerprint density at radius 3 is 2.62 bits per heavy atom. The fraction of sp³-hybridized carbons (Fsp3) is 0.533. The van der Waals surface area contributed by atoms with Gasteiger partial charge < -0.3 is 10.4 Å². The third kappa shape index (κ3) is 2.67. The molecule has 1 aliphatic heterocycles. The molecule has 1 aliphatic carbocycles. The van der Waals surface area contributed by atoms with Crippen LogP contribution in [-0.4, -0.2) is 39.1 Å². The summed E-state index contributed by atoms with van der Waals surface area (Å²) in [7, 11) is 0. The lowest BCUT2D eigenvalue weighted by Gasteiger charge is -2.24. The summed E-state index contributed by atoms with van der Waals surface area (Å²) in [4.78, 5) is 28.3. The van der Waals surface area contributed by atoms with Crippen LogP contribution in [0.15, 0.2) is 12.1 Å². The van der Waals surface area contributed by atoms with Crippen molar-refractivity contribution >= 4 is 17.8 Å². The van der Waals surface area contributed by atoms with Crippen molar-refractivity contribution in [3.63, 3.8) is 0 Å². The van der Waals surface area contributed by atoms with Gasteiger partial charge in [0.1, 0.15) is 17.6 Å². The van der Waals surface area contributed by atoms with Crippen LogP contribution >= 0.6 is 0 Å². The predicted octanol–water partition coefficient (Wildman–Crippen LogP) is 2.88. The highest BCUT2D eigenvalue weighted by atomic mass is 19.4. The molecule has 2 amide bonds. The maximum atomic E-state index is 12.8. The van der Waals surface area contributed by atoms with E-state index in [0.29, 0.717) is 18.4 Å². The quantitative estimate of drug-likeness (QED) is 0.865. The third-order valence-electron chi connectivity index (χ3n) is 4.79. The SMILES string of the molecule is Cc1ccc(C(F)(F)F)nc1NC(=O)[C@@H]1C[C@@]2(C)CC2N1C(=O)O. The third-order valence-corrected chi connectivity index (χ3v) is 4.79. The van der Waals surface area contributed by atoms with Crippen molar-refractivity contribution in [3.8, 4) is 0 Å². The van der Waals surface area contributed by atoms with Gasteiger partial charge in [-0.25, -0.2) is 9.78 Å². The number of piperidine rings is 1. The van der Waals surface area contributed by atoms with Crippen molar-refractivity contribution in [1.82, 2.24) is 9.88 Å². The number of fused-ring (bicyclic) bond motifs is 1. The highest BCUT2D eigenvalue weighted by Gasteiger charge is 2.64. The monoisotopic (exact) mass is 343 g/mol. The maximum Gasteiger partial charge on any atom is 0.433 e. The van der Waals surface area contributed by atoms with E-state index in [1.807, 2.05) is 6.92 Å². The summed E-state index contributed by atoms with van der Waals surface area (Å²) in [6.45, 7) is 3.42. The molecule has 2 aliphatic rings. The Balaban J connectivity index is 1.81. The van der Waals surface area contributed by atoms with Crippen LogP contribution in [0, 0.1) is 12.3 Å². The fourth-order valence-corrected chi connectivity index (χ4v) is 3.29. The lowest BCUT2D eigenvalue weighted by atomic mass is 10.0. The van der Waals surface area contributed by atoms with Crippen LogP contribution < -0.4 is 5.32 Å². The molecule has 1 saturated carbocycles. The Kier molecular flexibility index (Phi) is 3.50. The van der Waals surface area contributed by atoms with E-state index in [2.05, 4.69) is 10.3 Å². The number of aryl methyl sites for hydroxylation is 1. The number of rotatable bonds is 2. The van der Waals surface area contributed by atoms with Crippen molar-refractivity contribution in [2.45, 2.75) is 44.9 Å². The number of carboxylic acid groups (broad SMARTS) is 1. The molecule has 0 aromatic carbocycles. The second kappa shape index (κ2) is 5.09.